The maximum Gasteiger partial charge on any atom is 0.0978 e. The Morgan fingerprint density at radius 3 is 2.20 bits per heavy atom. The van der Waals surface area contributed by atoms with E-state index >= 15 is 0 Å². The van der Waals surface area contributed by atoms with Crippen LogP contribution >= 0.6 is 0 Å². The second kappa shape index (κ2) is 9.82. The number of nitrogens with zero attached hydrogens (tertiary/aromatic N) is 2. The van der Waals surface area contributed by atoms with Crippen LogP contribution < -0.4 is 0 Å². The Morgan fingerprint density at radius 1 is 0.522 bits per heavy atom. The molecule has 2 atom stereocenters. The summed E-state index contributed by atoms with van der Waals surface area (Å²) in [6, 6.07) is 34.7. The molecule has 2 unspecified atom stereocenters. The summed E-state index contributed by atoms with van der Waals surface area (Å²) in [6.45, 7) is 0. The van der Waals surface area contributed by atoms with Gasteiger partial charge in [-0.2, -0.15) is 0 Å². The maximum atomic E-state index is 5.33. The molecule has 0 saturated carbocycles. The Kier molecular flexibility index (Phi) is 5.44. The first kappa shape index (κ1) is 25.5. The van der Waals surface area contributed by atoms with Gasteiger partial charge in [0.1, 0.15) is 0 Å². The van der Waals surface area contributed by atoms with E-state index in [2.05, 4.69) is 158 Å². The molecule has 0 aliphatic heterocycles. The molecule has 4 aromatic carbocycles. The van der Waals surface area contributed by atoms with Crippen LogP contribution in [0.3, 0.4) is 0 Å². The molecule has 2 nitrogen and oxygen atoms in total. The number of hydrogen-bond acceptors (Lipinski definition) is 2. The number of allylic oxidation sites excluding steroid dienone is 14. The van der Waals surface area contributed by atoms with E-state index in [4.69, 9.17) is 9.97 Å². The van der Waals surface area contributed by atoms with Gasteiger partial charge in [-0.3, -0.25) is 4.98 Å². The van der Waals surface area contributed by atoms with E-state index in [0.29, 0.717) is 11.8 Å². The lowest BCUT2D eigenvalue weighted by Gasteiger charge is -2.41. The van der Waals surface area contributed by atoms with Crippen molar-refractivity contribution in [1.82, 2.24) is 9.97 Å². The largest absolute Gasteiger partial charge is 0.253 e. The molecular formula is C44H28N2. The summed E-state index contributed by atoms with van der Waals surface area (Å²) in [4.78, 5) is 10.5. The number of hydrogen-bond donors (Lipinski definition) is 0. The number of benzene rings is 4. The third kappa shape index (κ3) is 3.83. The van der Waals surface area contributed by atoms with Gasteiger partial charge in [0, 0.05) is 39.9 Å². The fraction of sp³-hybridized carbons (Fsp3) is 0.0455. The van der Waals surface area contributed by atoms with Gasteiger partial charge in [-0.1, -0.05) is 121 Å². The zero-order valence-electron chi connectivity index (χ0n) is 25.1. The van der Waals surface area contributed by atoms with E-state index < -0.39 is 0 Å². The minimum absolute atomic E-state index is 0.333. The molecule has 6 aromatic rings. The van der Waals surface area contributed by atoms with E-state index in [0.717, 1.165) is 38.6 Å². The van der Waals surface area contributed by atoms with Gasteiger partial charge < -0.3 is 0 Å². The quantitative estimate of drug-likeness (QED) is 0.193. The Labute approximate surface area is 267 Å². The highest BCUT2D eigenvalue weighted by molar-refractivity contribution is 6.11. The minimum Gasteiger partial charge on any atom is -0.253 e. The van der Waals surface area contributed by atoms with Crippen LogP contribution in [0.4, 0.5) is 0 Å². The van der Waals surface area contributed by atoms with Crippen molar-refractivity contribution in [1.29, 1.82) is 0 Å². The van der Waals surface area contributed by atoms with E-state index in [9.17, 15) is 0 Å². The molecule has 0 N–H and O–H groups in total. The van der Waals surface area contributed by atoms with E-state index in [-0.39, 0.29) is 0 Å². The van der Waals surface area contributed by atoms with Crippen LogP contribution in [-0.4, -0.2) is 9.97 Å². The van der Waals surface area contributed by atoms with Gasteiger partial charge in [0.2, 0.25) is 0 Å². The van der Waals surface area contributed by atoms with E-state index in [1.165, 1.54) is 49.8 Å². The van der Waals surface area contributed by atoms with Gasteiger partial charge in [-0.15, -0.1) is 0 Å². The number of aromatic nitrogens is 2. The molecule has 2 aromatic heterocycles. The van der Waals surface area contributed by atoms with Crippen LogP contribution in [0.5, 0.6) is 0 Å². The van der Waals surface area contributed by atoms with Crippen LogP contribution in [0, 0.1) is 11.8 Å². The molecule has 0 bridgehead atoms. The molecule has 46 heavy (non-hydrogen) atoms. The zero-order valence-corrected chi connectivity index (χ0v) is 25.1. The molecule has 10 rings (SSSR count). The van der Waals surface area contributed by atoms with Crippen LogP contribution in [0.25, 0.3) is 60.5 Å². The topological polar surface area (TPSA) is 25.8 Å². The summed E-state index contributed by atoms with van der Waals surface area (Å²) >= 11 is 0. The normalized spacial score (nSPS) is 19.3. The van der Waals surface area contributed by atoms with Gasteiger partial charge in [0.05, 0.1) is 16.7 Å². The third-order valence-corrected chi connectivity index (χ3v) is 10.0. The Hall–Kier alpha value is -5.86. The lowest BCUT2D eigenvalue weighted by Crippen LogP contribution is -2.29. The van der Waals surface area contributed by atoms with Gasteiger partial charge in [0.15, 0.2) is 0 Å². The second-order valence-corrected chi connectivity index (χ2v) is 12.6. The lowest BCUT2D eigenvalue weighted by molar-refractivity contribution is 0.568. The maximum absolute atomic E-state index is 5.33. The average Bonchev–Trinajstić information content (AvgIpc) is 3.13. The molecule has 0 radical (unpaired) electrons. The number of rotatable bonds is 3. The van der Waals surface area contributed by atoms with Crippen molar-refractivity contribution in [3.63, 3.8) is 0 Å². The predicted molar refractivity (Wildman–Crippen MR) is 191 cm³/mol. The van der Waals surface area contributed by atoms with E-state index in [1.807, 2.05) is 0 Å². The highest BCUT2D eigenvalue weighted by Crippen LogP contribution is 2.52. The highest BCUT2D eigenvalue weighted by Gasteiger charge is 2.39. The van der Waals surface area contributed by atoms with Crippen LogP contribution in [0.1, 0.15) is 5.56 Å². The Morgan fingerprint density at radius 2 is 1.30 bits per heavy atom. The van der Waals surface area contributed by atoms with Crippen LogP contribution in [-0.2, 0) is 0 Å². The summed E-state index contributed by atoms with van der Waals surface area (Å²) < 4.78 is 0. The summed E-state index contributed by atoms with van der Waals surface area (Å²) in [5.74, 6) is 0.712. The molecule has 4 aliphatic rings. The molecule has 2 heterocycles. The first-order valence-corrected chi connectivity index (χ1v) is 16.0. The molecule has 4 aliphatic carbocycles. The summed E-state index contributed by atoms with van der Waals surface area (Å²) in [6.07, 6.45) is 22.6. The average molecular weight is 585 g/mol. The van der Waals surface area contributed by atoms with Crippen molar-refractivity contribution in [2.45, 2.75) is 0 Å². The van der Waals surface area contributed by atoms with Crippen molar-refractivity contribution >= 4 is 38.2 Å². The molecule has 0 saturated heterocycles. The predicted octanol–water partition coefficient (Wildman–Crippen LogP) is 10.8. The zero-order chi connectivity index (χ0) is 30.2. The van der Waals surface area contributed by atoms with Crippen molar-refractivity contribution in [3.8, 4) is 22.4 Å². The second-order valence-electron chi connectivity index (χ2n) is 12.6. The van der Waals surface area contributed by atoms with Gasteiger partial charge in [-0.05, 0) is 80.1 Å². The third-order valence-electron chi connectivity index (χ3n) is 10.0. The van der Waals surface area contributed by atoms with Crippen molar-refractivity contribution < 1.29 is 0 Å². The first-order valence-electron chi connectivity index (χ1n) is 16.0. The molecule has 2 heteroatoms. The lowest BCUT2D eigenvalue weighted by atomic mass is 9.62. The minimum atomic E-state index is 0.333. The van der Waals surface area contributed by atoms with Crippen molar-refractivity contribution in [2.24, 2.45) is 11.8 Å². The molecular weight excluding hydrogens is 556 g/mol. The number of pyridine rings is 2. The molecule has 0 amide bonds. The standard InChI is InChI=1S/C44H28N2/c1-2-9-28(10-3-1)38-25-34-23-35(39-24-33-14-6-12-29-17-18-30-13-7-15-36(39)42(30)41(29)33)26-45-43(34)44-37(38)20-21-40(46-44)32-19-16-27-8-4-5-11-31(27)22-32/h1-26,41-42H. The Balaban J connectivity index is 1.19. The van der Waals surface area contributed by atoms with Crippen molar-refractivity contribution in [3.05, 3.63) is 186 Å². The number of fused-ring (bicyclic) bond motifs is 4. The van der Waals surface area contributed by atoms with Crippen LogP contribution in [0.15, 0.2) is 180 Å². The molecule has 0 fully saturated rings. The van der Waals surface area contributed by atoms with E-state index in [1.54, 1.807) is 0 Å². The van der Waals surface area contributed by atoms with Crippen LogP contribution in [0.2, 0.25) is 0 Å². The van der Waals surface area contributed by atoms with Gasteiger partial charge in [0.25, 0.3) is 0 Å². The smallest absolute Gasteiger partial charge is 0.0978 e. The van der Waals surface area contributed by atoms with Crippen molar-refractivity contribution in [2.75, 3.05) is 0 Å². The molecule has 214 valence electrons. The summed E-state index contributed by atoms with van der Waals surface area (Å²) in [5.41, 5.74) is 14.2. The fourth-order valence-electron chi connectivity index (χ4n) is 7.88. The van der Waals surface area contributed by atoms with Gasteiger partial charge >= 0.3 is 0 Å². The fourth-order valence-corrected chi connectivity index (χ4v) is 7.88. The van der Waals surface area contributed by atoms with Gasteiger partial charge in [-0.25, -0.2) is 4.98 Å². The molecule has 0 spiro atoms. The SMILES string of the molecule is C1=CC2=CC=C3C=CC=C4C(c5cnc6c(c5)cc(-c5ccccc5)c5ccc(-c7ccc8ccccc8c7)nc56)=CC(=C1)C2C34. The monoisotopic (exact) mass is 584 g/mol. The Bertz CT molecular complexity index is 2520. The summed E-state index contributed by atoms with van der Waals surface area (Å²) in [5, 5.41) is 4.65. The highest BCUT2D eigenvalue weighted by atomic mass is 14.8. The summed E-state index contributed by atoms with van der Waals surface area (Å²) in [7, 11) is 0. The first-order chi connectivity index (χ1) is 22.8.